The molecule has 0 bridgehead atoms. The summed E-state index contributed by atoms with van der Waals surface area (Å²) < 4.78 is 39.4. The van der Waals surface area contributed by atoms with Gasteiger partial charge in [-0.15, -0.1) is 11.3 Å². The van der Waals surface area contributed by atoms with Gasteiger partial charge in [0.05, 0.1) is 15.8 Å². The smallest absolute Gasteiger partial charge is 0.243 e. The van der Waals surface area contributed by atoms with Gasteiger partial charge in [-0.2, -0.15) is 4.31 Å². The minimum atomic E-state index is -3.70. The first kappa shape index (κ1) is 18.9. The first-order valence-electron chi connectivity index (χ1n) is 8.31. The number of hydrogen-bond acceptors (Lipinski definition) is 5. The summed E-state index contributed by atoms with van der Waals surface area (Å²) in [6.07, 6.45) is 2.94. The van der Waals surface area contributed by atoms with Crippen molar-refractivity contribution < 1.29 is 17.6 Å². The molecule has 0 saturated carbocycles. The predicted octanol–water partition coefficient (Wildman–Crippen LogP) is 1.96. The molecule has 1 unspecified atom stereocenters. The van der Waals surface area contributed by atoms with Crippen LogP contribution in [0.4, 0.5) is 4.39 Å². The average Bonchev–Trinajstić information content (AvgIpc) is 3.25. The number of amides is 1. The van der Waals surface area contributed by atoms with E-state index in [2.05, 4.69) is 10.3 Å². The lowest BCUT2D eigenvalue weighted by Crippen LogP contribution is -2.35. The highest BCUT2D eigenvalue weighted by Gasteiger charge is 2.35. The van der Waals surface area contributed by atoms with Crippen molar-refractivity contribution >= 4 is 27.3 Å². The van der Waals surface area contributed by atoms with E-state index in [-0.39, 0.29) is 29.8 Å². The summed E-state index contributed by atoms with van der Waals surface area (Å²) in [7, 11) is -3.70. The Morgan fingerprint density at radius 3 is 2.77 bits per heavy atom. The monoisotopic (exact) mass is 397 g/mol. The highest BCUT2D eigenvalue weighted by molar-refractivity contribution is 7.89. The Morgan fingerprint density at radius 1 is 1.38 bits per heavy atom. The van der Waals surface area contributed by atoms with Crippen LogP contribution in [0.2, 0.25) is 0 Å². The molecular weight excluding hydrogens is 377 g/mol. The summed E-state index contributed by atoms with van der Waals surface area (Å²) in [4.78, 5) is 17.7. The van der Waals surface area contributed by atoms with Gasteiger partial charge >= 0.3 is 0 Å². The highest BCUT2D eigenvalue weighted by atomic mass is 32.2. The number of nitrogens with one attached hydrogen (secondary N) is 1. The second-order valence-corrected chi connectivity index (χ2v) is 9.47. The van der Waals surface area contributed by atoms with E-state index in [9.17, 15) is 17.6 Å². The molecule has 1 aromatic carbocycles. The van der Waals surface area contributed by atoms with E-state index in [1.807, 2.05) is 6.92 Å². The Balaban J connectivity index is 1.54. The zero-order valence-electron chi connectivity index (χ0n) is 14.3. The molecule has 1 N–H and O–H groups in total. The summed E-state index contributed by atoms with van der Waals surface area (Å²) in [6, 6.07) is 4.73. The van der Waals surface area contributed by atoms with Crippen molar-refractivity contribution in [3.05, 3.63) is 46.2 Å². The van der Waals surface area contributed by atoms with Crippen molar-refractivity contribution in [3.8, 4) is 0 Å². The normalized spacial score (nSPS) is 18.2. The first-order chi connectivity index (χ1) is 12.4. The van der Waals surface area contributed by atoms with Crippen LogP contribution in [-0.4, -0.2) is 43.2 Å². The number of rotatable bonds is 6. The molecule has 1 aromatic heterocycles. The highest BCUT2D eigenvalue weighted by Crippen LogP contribution is 2.24. The molecule has 1 aliphatic rings. The van der Waals surface area contributed by atoms with Gasteiger partial charge in [-0.25, -0.2) is 17.8 Å². The maximum Gasteiger partial charge on any atom is 0.243 e. The molecule has 3 rings (SSSR count). The molecule has 1 atom stereocenters. The molecule has 1 fully saturated rings. The molecule has 2 heterocycles. The third-order valence-electron chi connectivity index (χ3n) is 4.28. The number of carbonyl (C=O) groups excluding carboxylic acids is 1. The van der Waals surface area contributed by atoms with Gasteiger partial charge in [0.25, 0.3) is 0 Å². The summed E-state index contributed by atoms with van der Waals surface area (Å²) in [5, 5.41) is 3.83. The Hall–Kier alpha value is -1.84. The molecule has 0 spiro atoms. The van der Waals surface area contributed by atoms with E-state index >= 15 is 0 Å². The van der Waals surface area contributed by atoms with Crippen LogP contribution in [0.5, 0.6) is 0 Å². The molecule has 1 aliphatic heterocycles. The number of nitrogens with zero attached hydrogens (tertiary/aromatic N) is 2. The number of hydrogen-bond donors (Lipinski definition) is 1. The van der Waals surface area contributed by atoms with Crippen molar-refractivity contribution in [2.24, 2.45) is 5.92 Å². The molecule has 6 nitrogen and oxygen atoms in total. The van der Waals surface area contributed by atoms with Crippen molar-refractivity contribution in [2.75, 3.05) is 19.6 Å². The van der Waals surface area contributed by atoms with Gasteiger partial charge in [0.15, 0.2) is 0 Å². The topological polar surface area (TPSA) is 79.4 Å². The SMILES string of the molecule is Cc1cnc(CCNC(=O)C2CCN(S(=O)(=O)c3ccc(F)cc3)C2)s1. The summed E-state index contributed by atoms with van der Waals surface area (Å²) in [6.45, 7) is 2.88. The second kappa shape index (κ2) is 7.81. The lowest BCUT2D eigenvalue weighted by atomic mass is 10.1. The predicted molar refractivity (Wildman–Crippen MR) is 96.8 cm³/mol. The van der Waals surface area contributed by atoms with Crippen LogP contribution in [-0.2, 0) is 21.2 Å². The van der Waals surface area contributed by atoms with Gasteiger partial charge in [0.2, 0.25) is 15.9 Å². The molecule has 26 heavy (non-hydrogen) atoms. The van der Waals surface area contributed by atoms with Crippen LogP contribution in [0.1, 0.15) is 16.3 Å². The van der Waals surface area contributed by atoms with E-state index in [0.717, 1.165) is 22.0 Å². The first-order valence-corrected chi connectivity index (χ1v) is 10.6. The minimum Gasteiger partial charge on any atom is -0.355 e. The van der Waals surface area contributed by atoms with E-state index in [1.165, 1.54) is 16.4 Å². The largest absolute Gasteiger partial charge is 0.355 e. The number of thiazole rings is 1. The fourth-order valence-corrected chi connectivity index (χ4v) is 5.16. The molecule has 0 aliphatic carbocycles. The molecule has 9 heteroatoms. The Labute approximate surface area is 156 Å². The van der Waals surface area contributed by atoms with Crippen molar-refractivity contribution in [1.29, 1.82) is 0 Å². The Kier molecular flexibility index (Phi) is 5.69. The zero-order valence-corrected chi connectivity index (χ0v) is 15.9. The molecular formula is C17H20FN3O3S2. The standard InChI is InChI=1S/C17H20FN3O3S2/c1-12-10-20-16(25-12)6-8-19-17(22)13-7-9-21(11-13)26(23,24)15-4-2-14(18)3-5-15/h2-5,10,13H,6-9,11H2,1H3,(H,19,22). The van der Waals surface area contributed by atoms with Crippen molar-refractivity contribution in [1.82, 2.24) is 14.6 Å². The molecule has 0 radical (unpaired) electrons. The second-order valence-electron chi connectivity index (χ2n) is 6.21. The minimum absolute atomic E-state index is 0.0408. The van der Waals surface area contributed by atoms with Crippen LogP contribution in [0.25, 0.3) is 0 Å². The van der Waals surface area contributed by atoms with Crippen LogP contribution in [0.3, 0.4) is 0 Å². The van der Waals surface area contributed by atoms with E-state index in [1.54, 1.807) is 17.5 Å². The lowest BCUT2D eigenvalue weighted by molar-refractivity contribution is -0.124. The number of aromatic nitrogens is 1. The van der Waals surface area contributed by atoms with E-state index in [0.29, 0.717) is 19.4 Å². The fourth-order valence-electron chi connectivity index (χ4n) is 2.87. The van der Waals surface area contributed by atoms with Crippen molar-refractivity contribution in [3.63, 3.8) is 0 Å². The van der Waals surface area contributed by atoms with Crippen LogP contribution in [0.15, 0.2) is 35.4 Å². The fraction of sp³-hybridized carbons (Fsp3) is 0.412. The third-order valence-corrected chi connectivity index (χ3v) is 7.13. The van der Waals surface area contributed by atoms with Gasteiger partial charge in [0, 0.05) is 37.1 Å². The summed E-state index contributed by atoms with van der Waals surface area (Å²) >= 11 is 1.60. The van der Waals surface area contributed by atoms with Crippen molar-refractivity contribution in [2.45, 2.75) is 24.7 Å². The number of carbonyl (C=O) groups is 1. The van der Waals surface area contributed by atoms with Gasteiger partial charge in [0.1, 0.15) is 5.82 Å². The summed E-state index contributed by atoms with van der Waals surface area (Å²) in [5.41, 5.74) is 0. The Morgan fingerprint density at radius 2 is 2.12 bits per heavy atom. The van der Waals surface area contributed by atoms with Crippen LogP contribution >= 0.6 is 11.3 Å². The number of halogens is 1. The van der Waals surface area contributed by atoms with Gasteiger partial charge in [-0.3, -0.25) is 4.79 Å². The molecule has 2 aromatic rings. The molecule has 1 saturated heterocycles. The van der Waals surface area contributed by atoms with Crippen LogP contribution < -0.4 is 5.32 Å². The quantitative estimate of drug-likeness (QED) is 0.808. The Bertz CT molecular complexity index is 881. The molecule has 1 amide bonds. The van der Waals surface area contributed by atoms with Gasteiger partial charge in [-0.1, -0.05) is 0 Å². The lowest BCUT2D eigenvalue weighted by Gasteiger charge is -2.16. The number of aryl methyl sites for hydroxylation is 1. The zero-order chi connectivity index (χ0) is 18.7. The van der Waals surface area contributed by atoms with Gasteiger partial charge in [-0.05, 0) is 37.6 Å². The van der Waals surface area contributed by atoms with Crippen LogP contribution in [0, 0.1) is 18.7 Å². The average molecular weight is 397 g/mol. The third kappa shape index (κ3) is 4.28. The maximum absolute atomic E-state index is 13.0. The number of benzene rings is 1. The number of sulfonamides is 1. The summed E-state index contributed by atoms with van der Waals surface area (Å²) in [5.74, 6) is -1.00. The van der Waals surface area contributed by atoms with E-state index in [4.69, 9.17) is 0 Å². The maximum atomic E-state index is 13.0. The molecule has 140 valence electrons. The van der Waals surface area contributed by atoms with Gasteiger partial charge < -0.3 is 5.32 Å². The van der Waals surface area contributed by atoms with E-state index < -0.39 is 15.8 Å².